The maximum Gasteiger partial charge on any atom is 0.261 e. The summed E-state index contributed by atoms with van der Waals surface area (Å²) in [6.45, 7) is 5.32. The van der Waals surface area contributed by atoms with Crippen LogP contribution >= 0.6 is 0 Å². The van der Waals surface area contributed by atoms with E-state index in [1.165, 1.54) is 12.1 Å². The molecular formula is C29H33N3O3S. The maximum absolute atomic E-state index is 13.5. The summed E-state index contributed by atoms with van der Waals surface area (Å²) >= 11 is 0. The van der Waals surface area contributed by atoms with Crippen LogP contribution < -0.4 is 10.3 Å². The summed E-state index contributed by atoms with van der Waals surface area (Å²) < 4.78 is 53.6. The Kier molecular flexibility index (Phi) is 6.09. The Morgan fingerprint density at radius 3 is 2.42 bits per heavy atom. The molecular weight excluding hydrogens is 470 g/mol. The smallest absolute Gasteiger partial charge is 0.261 e. The van der Waals surface area contributed by atoms with Gasteiger partial charge in [-0.25, -0.2) is 18.1 Å². The van der Waals surface area contributed by atoms with E-state index in [1.807, 2.05) is 31.2 Å². The second-order valence-electron chi connectivity index (χ2n) is 9.95. The fourth-order valence-corrected chi connectivity index (χ4v) is 5.86. The predicted molar refractivity (Wildman–Crippen MR) is 146 cm³/mol. The summed E-state index contributed by atoms with van der Waals surface area (Å²) in [6, 6.07) is 18.8. The van der Waals surface area contributed by atoms with Crippen LogP contribution in [0.3, 0.4) is 0 Å². The van der Waals surface area contributed by atoms with Gasteiger partial charge in [-0.05, 0) is 63.4 Å². The molecule has 0 unspecified atom stereocenters. The van der Waals surface area contributed by atoms with Crippen molar-refractivity contribution in [2.24, 2.45) is 0 Å². The quantitative estimate of drug-likeness (QED) is 0.361. The topological polar surface area (TPSA) is 81.1 Å². The van der Waals surface area contributed by atoms with Gasteiger partial charge in [0.05, 0.1) is 22.3 Å². The molecule has 36 heavy (non-hydrogen) atoms. The second-order valence-corrected chi connectivity index (χ2v) is 11.6. The fourth-order valence-electron chi connectivity index (χ4n) is 4.21. The van der Waals surface area contributed by atoms with E-state index in [1.54, 1.807) is 55.7 Å². The zero-order valence-corrected chi connectivity index (χ0v) is 21.8. The van der Waals surface area contributed by atoms with Gasteiger partial charge in [0, 0.05) is 21.6 Å². The third-order valence-electron chi connectivity index (χ3n) is 5.73. The van der Waals surface area contributed by atoms with Gasteiger partial charge in [0.25, 0.3) is 5.56 Å². The zero-order valence-electron chi connectivity index (χ0n) is 24.0. The summed E-state index contributed by atoms with van der Waals surface area (Å²) in [5.41, 5.74) is 1.80. The van der Waals surface area contributed by atoms with Crippen LogP contribution in [-0.4, -0.2) is 23.5 Å². The Balaban J connectivity index is 1.73. The van der Waals surface area contributed by atoms with Crippen molar-refractivity contribution in [2.75, 3.05) is 0 Å². The normalized spacial score (nSPS) is 13.8. The van der Waals surface area contributed by atoms with Crippen LogP contribution in [0.15, 0.2) is 76.4 Å². The fraction of sp³-hybridized carbons (Fsp3) is 0.310. The molecule has 0 spiro atoms. The molecule has 1 aromatic heterocycles. The van der Waals surface area contributed by atoms with Crippen molar-refractivity contribution in [3.63, 3.8) is 0 Å². The summed E-state index contributed by atoms with van der Waals surface area (Å²) in [5, 5.41) is 0.269. The van der Waals surface area contributed by atoms with E-state index in [2.05, 4.69) is 9.71 Å². The number of sulfonamides is 1. The van der Waals surface area contributed by atoms with E-state index in [4.69, 9.17) is 4.11 Å². The molecule has 3 aromatic carbocycles. The number of aryl methyl sites for hydroxylation is 2. The third-order valence-corrected chi connectivity index (χ3v) is 7.55. The molecule has 6 nitrogen and oxygen atoms in total. The SMILES string of the molecule is [2H]C([2H])([2H])c1ccc2nc(CCC)n(Cc3ccc(-c4ccccc4S(=O)(=O)NC(C)(C)C)cc3)c(=O)c2c1. The van der Waals surface area contributed by atoms with Crippen molar-refractivity contribution in [3.8, 4) is 11.1 Å². The molecule has 4 aromatic rings. The molecule has 1 heterocycles. The Hall–Kier alpha value is -3.29. The number of hydrogen-bond acceptors (Lipinski definition) is 4. The number of fused-ring (bicyclic) bond motifs is 1. The standard InChI is InChI=1S/C29H33N3O3S/c1-6-9-27-30-25-17-12-20(2)18-24(25)28(33)32(27)19-21-13-15-22(16-14-21)23-10-7-8-11-26(23)36(34,35)31-29(3,4)5/h7-8,10-18,31H,6,9,19H2,1-5H3/i2D3. The van der Waals surface area contributed by atoms with E-state index < -0.39 is 22.4 Å². The summed E-state index contributed by atoms with van der Waals surface area (Å²) in [7, 11) is -3.75. The van der Waals surface area contributed by atoms with Gasteiger partial charge in [-0.3, -0.25) is 9.36 Å². The molecule has 4 rings (SSSR count). The molecule has 0 radical (unpaired) electrons. The first-order valence-corrected chi connectivity index (χ1v) is 13.4. The first-order chi connectivity index (χ1) is 18.2. The Bertz CT molecular complexity index is 1670. The lowest BCUT2D eigenvalue weighted by Gasteiger charge is -2.21. The molecule has 7 heteroatoms. The van der Waals surface area contributed by atoms with Crippen LogP contribution in [0.2, 0.25) is 0 Å². The molecule has 0 aliphatic heterocycles. The monoisotopic (exact) mass is 506 g/mol. The Labute approximate surface area is 217 Å². The molecule has 1 N–H and O–H groups in total. The maximum atomic E-state index is 13.5. The molecule has 0 atom stereocenters. The van der Waals surface area contributed by atoms with E-state index in [0.717, 1.165) is 17.5 Å². The lowest BCUT2D eigenvalue weighted by molar-refractivity contribution is 0.491. The molecule has 0 aliphatic rings. The van der Waals surface area contributed by atoms with Crippen molar-refractivity contribution in [2.45, 2.75) is 64.4 Å². The largest absolute Gasteiger partial charge is 0.292 e. The van der Waals surface area contributed by atoms with Crippen molar-refractivity contribution in [1.29, 1.82) is 0 Å². The van der Waals surface area contributed by atoms with Gasteiger partial charge < -0.3 is 0 Å². The summed E-state index contributed by atoms with van der Waals surface area (Å²) in [4.78, 5) is 18.4. The lowest BCUT2D eigenvalue weighted by atomic mass is 10.0. The van der Waals surface area contributed by atoms with Crippen LogP contribution in [0.25, 0.3) is 22.0 Å². The Morgan fingerprint density at radius 2 is 1.75 bits per heavy atom. The van der Waals surface area contributed by atoms with Gasteiger partial charge >= 0.3 is 0 Å². The van der Waals surface area contributed by atoms with Crippen LogP contribution in [0.1, 0.15) is 55.2 Å². The van der Waals surface area contributed by atoms with E-state index >= 15 is 0 Å². The molecule has 0 saturated heterocycles. The molecule has 0 aliphatic carbocycles. The highest BCUT2D eigenvalue weighted by Gasteiger charge is 2.24. The summed E-state index contributed by atoms with van der Waals surface area (Å²) in [6.07, 6.45) is 1.38. The van der Waals surface area contributed by atoms with Crippen molar-refractivity contribution in [1.82, 2.24) is 14.3 Å². The second kappa shape index (κ2) is 9.99. The van der Waals surface area contributed by atoms with Crippen LogP contribution in [0.5, 0.6) is 0 Å². The molecule has 188 valence electrons. The molecule has 0 fully saturated rings. The van der Waals surface area contributed by atoms with E-state index in [-0.39, 0.29) is 27.9 Å². The Morgan fingerprint density at radius 1 is 1.03 bits per heavy atom. The number of hydrogen-bond donors (Lipinski definition) is 1. The van der Waals surface area contributed by atoms with Gasteiger partial charge in [-0.1, -0.05) is 61.0 Å². The van der Waals surface area contributed by atoms with Gasteiger partial charge in [0.2, 0.25) is 10.0 Å². The van der Waals surface area contributed by atoms with Crippen LogP contribution in [0, 0.1) is 6.85 Å². The molecule has 0 saturated carbocycles. The molecule has 0 bridgehead atoms. The molecule has 0 amide bonds. The first-order valence-electron chi connectivity index (χ1n) is 13.5. The number of nitrogens with one attached hydrogen (secondary N) is 1. The average molecular weight is 507 g/mol. The first kappa shape index (κ1) is 21.9. The van der Waals surface area contributed by atoms with Crippen molar-refractivity contribution >= 4 is 20.9 Å². The lowest BCUT2D eigenvalue weighted by Crippen LogP contribution is -2.40. The van der Waals surface area contributed by atoms with Crippen LogP contribution in [-0.2, 0) is 23.0 Å². The number of nitrogens with zero attached hydrogens (tertiary/aromatic N) is 2. The van der Waals surface area contributed by atoms with Gasteiger partial charge in [-0.15, -0.1) is 0 Å². The zero-order chi connectivity index (χ0) is 28.6. The average Bonchev–Trinajstić information content (AvgIpc) is 2.85. The van der Waals surface area contributed by atoms with Gasteiger partial charge in [-0.2, -0.15) is 0 Å². The highest BCUT2D eigenvalue weighted by molar-refractivity contribution is 7.89. The van der Waals surface area contributed by atoms with Gasteiger partial charge in [0.1, 0.15) is 5.82 Å². The highest BCUT2D eigenvalue weighted by atomic mass is 32.2. The van der Waals surface area contributed by atoms with Crippen LogP contribution in [0.4, 0.5) is 0 Å². The minimum Gasteiger partial charge on any atom is -0.292 e. The highest BCUT2D eigenvalue weighted by Crippen LogP contribution is 2.28. The third kappa shape index (κ3) is 5.58. The van der Waals surface area contributed by atoms with Gasteiger partial charge in [0.15, 0.2) is 0 Å². The number of aromatic nitrogens is 2. The van der Waals surface area contributed by atoms with E-state index in [0.29, 0.717) is 23.3 Å². The van der Waals surface area contributed by atoms with Crippen molar-refractivity contribution < 1.29 is 12.5 Å². The number of benzene rings is 3. The minimum absolute atomic E-state index is 0.0996. The van der Waals surface area contributed by atoms with Crippen molar-refractivity contribution in [3.05, 3.63) is 94.0 Å². The predicted octanol–water partition coefficient (Wildman–Crippen LogP) is 5.45. The summed E-state index contributed by atoms with van der Waals surface area (Å²) in [5.74, 6) is 0.630. The van der Waals surface area contributed by atoms with E-state index in [9.17, 15) is 13.2 Å². The number of rotatable bonds is 7. The minimum atomic E-state index is -3.75.